The summed E-state index contributed by atoms with van der Waals surface area (Å²) in [6, 6.07) is 0.326. The van der Waals surface area contributed by atoms with E-state index >= 15 is 0 Å². The molecular weight excluding hydrogens is 268 g/mol. The second-order valence-electron chi connectivity index (χ2n) is 6.28. The van der Waals surface area contributed by atoms with Gasteiger partial charge in [-0.05, 0) is 33.1 Å². The van der Waals surface area contributed by atoms with Crippen LogP contribution in [0.1, 0.15) is 71.6 Å². The minimum atomic E-state index is -0.806. The van der Waals surface area contributed by atoms with Crippen LogP contribution in [0.2, 0.25) is 0 Å². The molecule has 5 nitrogen and oxygen atoms in total. The third kappa shape index (κ3) is 7.34. The highest BCUT2D eigenvalue weighted by Crippen LogP contribution is 2.17. The van der Waals surface area contributed by atoms with Crippen molar-refractivity contribution < 1.29 is 14.7 Å². The molecule has 1 saturated carbocycles. The molecule has 0 atom stereocenters. The third-order valence-electron chi connectivity index (χ3n) is 4.11. The van der Waals surface area contributed by atoms with Crippen molar-refractivity contribution in [2.75, 3.05) is 6.54 Å². The Bertz CT molecular complexity index is 323. The first-order chi connectivity index (χ1) is 10.0. The number of urea groups is 1. The monoisotopic (exact) mass is 298 g/mol. The number of rotatable bonds is 6. The molecule has 0 bridgehead atoms. The van der Waals surface area contributed by atoms with Crippen LogP contribution in [-0.2, 0) is 4.79 Å². The van der Waals surface area contributed by atoms with Crippen LogP contribution in [0.25, 0.3) is 0 Å². The number of amides is 2. The zero-order chi connectivity index (χ0) is 15.7. The SMILES string of the molecule is CC(C)N(CCCC(=O)O)C(=O)NC1CCCCCCC1. The fraction of sp³-hybridized carbons (Fsp3) is 0.875. The molecule has 0 aromatic rings. The van der Waals surface area contributed by atoms with E-state index in [4.69, 9.17) is 5.11 Å². The van der Waals surface area contributed by atoms with Crippen LogP contribution in [0, 0.1) is 0 Å². The molecule has 1 aliphatic carbocycles. The van der Waals surface area contributed by atoms with Gasteiger partial charge in [-0.2, -0.15) is 0 Å². The summed E-state index contributed by atoms with van der Waals surface area (Å²) in [5, 5.41) is 11.8. The highest BCUT2D eigenvalue weighted by Gasteiger charge is 2.20. The maximum absolute atomic E-state index is 12.4. The summed E-state index contributed by atoms with van der Waals surface area (Å²) in [5.41, 5.74) is 0. The molecule has 0 aliphatic heterocycles. The number of nitrogens with zero attached hydrogens (tertiary/aromatic N) is 1. The summed E-state index contributed by atoms with van der Waals surface area (Å²) >= 11 is 0. The van der Waals surface area contributed by atoms with E-state index < -0.39 is 5.97 Å². The summed E-state index contributed by atoms with van der Waals surface area (Å²) in [6.07, 6.45) is 8.95. The molecule has 1 rings (SSSR count). The van der Waals surface area contributed by atoms with Gasteiger partial charge in [0.2, 0.25) is 0 Å². The van der Waals surface area contributed by atoms with Gasteiger partial charge in [0.05, 0.1) is 0 Å². The van der Waals surface area contributed by atoms with Crippen LogP contribution >= 0.6 is 0 Å². The van der Waals surface area contributed by atoms with E-state index in [0.717, 1.165) is 12.8 Å². The zero-order valence-electron chi connectivity index (χ0n) is 13.4. The van der Waals surface area contributed by atoms with Gasteiger partial charge in [0, 0.05) is 25.0 Å². The molecular formula is C16H30N2O3. The Balaban J connectivity index is 2.44. The van der Waals surface area contributed by atoms with Gasteiger partial charge >= 0.3 is 12.0 Å². The Morgan fingerprint density at radius 1 is 1.14 bits per heavy atom. The fourth-order valence-corrected chi connectivity index (χ4v) is 2.85. The lowest BCUT2D eigenvalue weighted by atomic mass is 9.97. The molecule has 1 fully saturated rings. The van der Waals surface area contributed by atoms with E-state index in [-0.39, 0.29) is 24.5 Å². The van der Waals surface area contributed by atoms with Gasteiger partial charge < -0.3 is 15.3 Å². The maximum atomic E-state index is 12.4. The Labute approximate surface area is 128 Å². The van der Waals surface area contributed by atoms with Gasteiger partial charge in [0.15, 0.2) is 0 Å². The van der Waals surface area contributed by atoms with Crippen LogP contribution in [0.5, 0.6) is 0 Å². The molecule has 0 radical (unpaired) electrons. The van der Waals surface area contributed by atoms with Crippen molar-refractivity contribution in [3.05, 3.63) is 0 Å². The van der Waals surface area contributed by atoms with Crippen molar-refractivity contribution >= 4 is 12.0 Å². The molecule has 2 amide bonds. The van der Waals surface area contributed by atoms with Crippen molar-refractivity contribution in [1.82, 2.24) is 10.2 Å². The van der Waals surface area contributed by atoms with E-state index in [2.05, 4.69) is 5.32 Å². The topological polar surface area (TPSA) is 69.6 Å². The molecule has 122 valence electrons. The average Bonchev–Trinajstić information content (AvgIpc) is 2.36. The van der Waals surface area contributed by atoms with Crippen LogP contribution < -0.4 is 5.32 Å². The first kappa shape index (κ1) is 17.8. The number of hydrogen-bond donors (Lipinski definition) is 2. The van der Waals surface area contributed by atoms with Crippen LogP contribution in [0.3, 0.4) is 0 Å². The summed E-state index contributed by atoms with van der Waals surface area (Å²) in [4.78, 5) is 24.7. The molecule has 2 N–H and O–H groups in total. The Morgan fingerprint density at radius 3 is 2.24 bits per heavy atom. The fourth-order valence-electron chi connectivity index (χ4n) is 2.85. The third-order valence-corrected chi connectivity index (χ3v) is 4.11. The number of hydrogen-bond acceptors (Lipinski definition) is 2. The number of carbonyl (C=O) groups is 2. The van der Waals surface area contributed by atoms with Gasteiger partial charge in [-0.15, -0.1) is 0 Å². The lowest BCUT2D eigenvalue weighted by molar-refractivity contribution is -0.137. The van der Waals surface area contributed by atoms with Crippen molar-refractivity contribution in [3.8, 4) is 0 Å². The molecule has 0 aromatic carbocycles. The van der Waals surface area contributed by atoms with Gasteiger partial charge in [-0.25, -0.2) is 4.79 Å². The second kappa shape index (κ2) is 9.64. The molecule has 0 heterocycles. The Hall–Kier alpha value is -1.26. The maximum Gasteiger partial charge on any atom is 0.317 e. The number of aliphatic carboxylic acids is 1. The number of carbonyl (C=O) groups excluding carboxylic acids is 1. The predicted molar refractivity (Wildman–Crippen MR) is 83.4 cm³/mol. The predicted octanol–water partition coefficient (Wildman–Crippen LogP) is 3.38. The van der Waals surface area contributed by atoms with Gasteiger partial charge in [0.25, 0.3) is 0 Å². The summed E-state index contributed by atoms with van der Waals surface area (Å²) < 4.78 is 0. The summed E-state index contributed by atoms with van der Waals surface area (Å²) in [6.45, 7) is 4.44. The molecule has 0 spiro atoms. The first-order valence-corrected chi connectivity index (χ1v) is 8.29. The number of carboxylic acids is 1. The smallest absolute Gasteiger partial charge is 0.317 e. The van der Waals surface area contributed by atoms with Gasteiger partial charge in [-0.3, -0.25) is 4.79 Å². The lowest BCUT2D eigenvalue weighted by Crippen LogP contribution is -2.48. The van der Waals surface area contributed by atoms with E-state index in [9.17, 15) is 9.59 Å². The average molecular weight is 298 g/mol. The molecule has 0 saturated heterocycles. The van der Waals surface area contributed by atoms with Crippen LogP contribution in [0.4, 0.5) is 4.79 Å². The minimum absolute atomic E-state index is 0.0408. The van der Waals surface area contributed by atoms with Crippen LogP contribution in [0.15, 0.2) is 0 Å². The Kier molecular flexibility index (Phi) is 8.16. The van der Waals surface area contributed by atoms with Gasteiger partial charge in [0.1, 0.15) is 0 Å². The Morgan fingerprint density at radius 2 is 1.71 bits per heavy atom. The standard InChI is InChI=1S/C16H30N2O3/c1-13(2)18(12-8-11-15(19)20)16(21)17-14-9-6-4-3-5-7-10-14/h13-14H,3-12H2,1-2H3,(H,17,21)(H,19,20). The highest BCUT2D eigenvalue weighted by molar-refractivity contribution is 5.75. The molecule has 1 aliphatic rings. The van der Waals surface area contributed by atoms with Crippen molar-refractivity contribution in [1.29, 1.82) is 0 Å². The van der Waals surface area contributed by atoms with Gasteiger partial charge in [-0.1, -0.05) is 32.1 Å². The molecule has 5 heteroatoms. The minimum Gasteiger partial charge on any atom is -0.481 e. The number of carboxylic acid groups (broad SMARTS) is 1. The molecule has 0 aromatic heterocycles. The van der Waals surface area contributed by atoms with Crippen molar-refractivity contribution in [2.24, 2.45) is 0 Å². The highest BCUT2D eigenvalue weighted by atomic mass is 16.4. The molecule has 21 heavy (non-hydrogen) atoms. The van der Waals surface area contributed by atoms with E-state index in [1.54, 1.807) is 4.90 Å². The van der Waals surface area contributed by atoms with Crippen LogP contribution in [-0.4, -0.2) is 40.6 Å². The lowest BCUT2D eigenvalue weighted by Gasteiger charge is -2.30. The van der Waals surface area contributed by atoms with Crippen molar-refractivity contribution in [3.63, 3.8) is 0 Å². The molecule has 0 unspecified atom stereocenters. The second-order valence-corrected chi connectivity index (χ2v) is 6.28. The first-order valence-electron chi connectivity index (χ1n) is 8.29. The van der Waals surface area contributed by atoms with Crippen molar-refractivity contribution in [2.45, 2.75) is 83.7 Å². The van der Waals surface area contributed by atoms with E-state index in [0.29, 0.717) is 13.0 Å². The zero-order valence-corrected chi connectivity index (χ0v) is 13.4. The quantitative estimate of drug-likeness (QED) is 0.789. The summed E-state index contributed by atoms with van der Waals surface area (Å²) in [7, 11) is 0. The van der Waals surface area contributed by atoms with E-state index in [1.807, 2.05) is 13.8 Å². The number of nitrogens with one attached hydrogen (secondary N) is 1. The largest absolute Gasteiger partial charge is 0.481 e. The normalized spacial score (nSPS) is 17.1. The van der Waals surface area contributed by atoms with E-state index in [1.165, 1.54) is 32.1 Å². The summed E-state index contributed by atoms with van der Waals surface area (Å²) in [5.74, 6) is -0.806.